The van der Waals surface area contributed by atoms with E-state index < -0.39 is 34.9 Å². The summed E-state index contributed by atoms with van der Waals surface area (Å²) in [6.45, 7) is 3.47. The van der Waals surface area contributed by atoms with Gasteiger partial charge >= 0.3 is 5.97 Å². The van der Waals surface area contributed by atoms with Gasteiger partial charge in [-0.1, -0.05) is 19.9 Å². The molecule has 22 heavy (non-hydrogen) atoms. The molecular formula is C16H19FN2O3. The third kappa shape index (κ3) is 2.53. The smallest absolute Gasteiger partial charge is 0.307 e. The van der Waals surface area contributed by atoms with Crippen LogP contribution in [0.5, 0.6) is 0 Å². The molecule has 2 atom stereocenters. The minimum Gasteiger partial charge on any atom is -0.481 e. The second kappa shape index (κ2) is 4.97. The molecule has 2 aliphatic rings. The summed E-state index contributed by atoms with van der Waals surface area (Å²) in [5.41, 5.74) is 0.0399. The first-order valence-corrected chi connectivity index (χ1v) is 7.41. The Bertz CT molecular complexity index is 640. The van der Waals surface area contributed by atoms with Crippen molar-refractivity contribution in [1.82, 2.24) is 0 Å². The Kier molecular flexibility index (Phi) is 3.34. The first kappa shape index (κ1) is 14.8. The fraction of sp³-hybridized carbons (Fsp3) is 0.500. The van der Waals surface area contributed by atoms with Crippen LogP contribution >= 0.6 is 0 Å². The molecule has 0 aromatic heterocycles. The Morgan fingerprint density at radius 3 is 2.50 bits per heavy atom. The van der Waals surface area contributed by atoms with E-state index in [9.17, 15) is 14.0 Å². The molecule has 0 radical (unpaired) electrons. The average molecular weight is 306 g/mol. The standard InChI is InChI=1S/C16H19FN2O3/c1-16(2)11(12(16)15(21)22)14(20)19-13-9(17)4-3-5-10(13)18-8-6-7-8/h3-5,8,11-12,18H,6-7H2,1-2H3,(H,19,20)(H,21,22)/t11-,12+/m1/s1. The number of benzene rings is 1. The van der Waals surface area contributed by atoms with Crippen LogP contribution in [-0.4, -0.2) is 23.0 Å². The van der Waals surface area contributed by atoms with Crippen molar-refractivity contribution in [2.75, 3.05) is 10.6 Å². The lowest BCUT2D eigenvalue weighted by Crippen LogP contribution is -2.20. The number of para-hydroxylation sites is 1. The van der Waals surface area contributed by atoms with Crippen LogP contribution in [0.15, 0.2) is 18.2 Å². The number of carboxylic acid groups (broad SMARTS) is 1. The quantitative estimate of drug-likeness (QED) is 0.781. The Morgan fingerprint density at radius 1 is 1.27 bits per heavy atom. The Hall–Kier alpha value is -2.11. The first-order valence-electron chi connectivity index (χ1n) is 7.41. The number of amides is 1. The van der Waals surface area contributed by atoms with Gasteiger partial charge in [-0.25, -0.2) is 4.39 Å². The summed E-state index contributed by atoms with van der Waals surface area (Å²) >= 11 is 0. The largest absolute Gasteiger partial charge is 0.481 e. The van der Waals surface area contributed by atoms with E-state index in [2.05, 4.69) is 10.6 Å². The fourth-order valence-corrected chi connectivity index (χ4v) is 3.01. The summed E-state index contributed by atoms with van der Waals surface area (Å²) in [5.74, 6) is -3.32. The average Bonchev–Trinajstić information content (AvgIpc) is 3.30. The molecule has 1 aromatic carbocycles. The Labute approximate surface area is 127 Å². The van der Waals surface area contributed by atoms with Crippen LogP contribution in [0, 0.1) is 23.1 Å². The number of halogens is 1. The highest BCUT2D eigenvalue weighted by atomic mass is 19.1. The molecule has 3 rings (SSSR count). The normalized spacial score (nSPS) is 25.4. The van der Waals surface area contributed by atoms with Gasteiger partial charge in [-0.2, -0.15) is 0 Å². The lowest BCUT2D eigenvalue weighted by Gasteiger charge is -2.14. The van der Waals surface area contributed by atoms with Crippen molar-refractivity contribution in [3.8, 4) is 0 Å². The number of anilines is 2. The predicted octanol–water partition coefficient (Wildman–Crippen LogP) is 2.70. The summed E-state index contributed by atoms with van der Waals surface area (Å²) < 4.78 is 14.0. The van der Waals surface area contributed by atoms with E-state index in [0.29, 0.717) is 11.7 Å². The van der Waals surface area contributed by atoms with Gasteiger partial charge in [0.25, 0.3) is 0 Å². The maximum Gasteiger partial charge on any atom is 0.307 e. The van der Waals surface area contributed by atoms with Gasteiger partial charge in [-0.15, -0.1) is 0 Å². The van der Waals surface area contributed by atoms with Crippen molar-refractivity contribution in [2.24, 2.45) is 17.3 Å². The molecule has 118 valence electrons. The van der Waals surface area contributed by atoms with E-state index in [1.54, 1.807) is 26.0 Å². The molecule has 1 amide bonds. The number of hydrogen-bond donors (Lipinski definition) is 3. The van der Waals surface area contributed by atoms with Crippen molar-refractivity contribution in [3.63, 3.8) is 0 Å². The summed E-state index contributed by atoms with van der Waals surface area (Å²) in [5, 5.41) is 14.9. The Balaban J connectivity index is 1.78. The number of rotatable bonds is 5. The van der Waals surface area contributed by atoms with Gasteiger partial charge in [-0.05, 0) is 30.4 Å². The van der Waals surface area contributed by atoms with Crippen molar-refractivity contribution < 1.29 is 19.1 Å². The van der Waals surface area contributed by atoms with Crippen molar-refractivity contribution in [3.05, 3.63) is 24.0 Å². The predicted molar refractivity (Wildman–Crippen MR) is 80.1 cm³/mol. The summed E-state index contributed by atoms with van der Waals surface area (Å²) in [7, 11) is 0. The van der Waals surface area contributed by atoms with Crippen LogP contribution in [-0.2, 0) is 9.59 Å². The van der Waals surface area contributed by atoms with Crippen LogP contribution in [0.4, 0.5) is 15.8 Å². The molecular weight excluding hydrogens is 287 g/mol. The maximum absolute atomic E-state index is 14.0. The van der Waals surface area contributed by atoms with Gasteiger partial charge in [0.05, 0.1) is 17.5 Å². The molecule has 2 fully saturated rings. The number of carbonyl (C=O) groups excluding carboxylic acids is 1. The van der Waals surface area contributed by atoms with E-state index in [-0.39, 0.29) is 5.69 Å². The molecule has 2 aliphatic carbocycles. The van der Waals surface area contributed by atoms with E-state index >= 15 is 0 Å². The third-order valence-electron chi connectivity index (χ3n) is 4.57. The van der Waals surface area contributed by atoms with Gasteiger partial charge in [0.2, 0.25) is 5.91 Å². The second-order valence-corrected chi connectivity index (χ2v) is 6.69. The second-order valence-electron chi connectivity index (χ2n) is 6.69. The zero-order valence-electron chi connectivity index (χ0n) is 12.5. The minimum atomic E-state index is -0.991. The number of carbonyl (C=O) groups is 2. The first-order chi connectivity index (χ1) is 10.3. The highest BCUT2D eigenvalue weighted by Gasteiger charge is 2.66. The van der Waals surface area contributed by atoms with E-state index in [1.807, 2.05) is 0 Å². The van der Waals surface area contributed by atoms with Gasteiger partial charge in [0.1, 0.15) is 11.5 Å². The lowest BCUT2D eigenvalue weighted by molar-refractivity contribution is -0.140. The van der Waals surface area contributed by atoms with Gasteiger partial charge in [-0.3, -0.25) is 9.59 Å². The number of hydrogen-bond acceptors (Lipinski definition) is 3. The maximum atomic E-state index is 14.0. The molecule has 2 saturated carbocycles. The van der Waals surface area contributed by atoms with Crippen LogP contribution in [0.1, 0.15) is 26.7 Å². The van der Waals surface area contributed by atoms with Crippen LogP contribution in [0.25, 0.3) is 0 Å². The summed E-state index contributed by atoms with van der Waals surface area (Å²) in [4.78, 5) is 23.5. The zero-order valence-corrected chi connectivity index (χ0v) is 12.5. The Morgan fingerprint density at radius 2 is 1.95 bits per heavy atom. The molecule has 5 nitrogen and oxygen atoms in total. The topological polar surface area (TPSA) is 78.4 Å². The summed E-state index contributed by atoms with van der Waals surface area (Å²) in [6.07, 6.45) is 2.06. The van der Waals surface area contributed by atoms with Crippen LogP contribution in [0.2, 0.25) is 0 Å². The molecule has 0 bridgehead atoms. The molecule has 0 saturated heterocycles. The van der Waals surface area contributed by atoms with E-state index in [1.165, 1.54) is 6.07 Å². The molecule has 1 aromatic rings. The van der Waals surface area contributed by atoms with Crippen LogP contribution in [0.3, 0.4) is 0 Å². The minimum absolute atomic E-state index is 0.103. The molecule has 0 unspecified atom stereocenters. The third-order valence-corrected chi connectivity index (χ3v) is 4.57. The van der Waals surface area contributed by atoms with Gasteiger partial charge in [0, 0.05) is 6.04 Å². The summed E-state index contributed by atoms with van der Waals surface area (Å²) in [6, 6.07) is 4.89. The van der Waals surface area contributed by atoms with E-state index in [4.69, 9.17) is 5.11 Å². The SMILES string of the molecule is CC1(C)[C@H](C(=O)O)[C@@H]1C(=O)Nc1c(F)cccc1NC1CC1. The van der Waals surface area contributed by atoms with E-state index in [0.717, 1.165) is 12.8 Å². The van der Waals surface area contributed by atoms with Gasteiger partial charge < -0.3 is 15.7 Å². The molecule has 6 heteroatoms. The lowest BCUT2D eigenvalue weighted by atomic mass is 10.1. The highest BCUT2D eigenvalue weighted by Crippen LogP contribution is 2.58. The molecule has 0 heterocycles. The van der Waals surface area contributed by atoms with Crippen molar-refractivity contribution in [2.45, 2.75) is 32.7 Å². The van der Waals surface area contributed by atoms with Gasteiger partial charge in [0.15, 0.2) is 0 Å². The number of nitrogens with one attached hydrogen (secondary N) is 2. The van der Waals surface area contributed by atoms with Crippen LogP contribution < -0.4 is 10.6 Å². The molecule has 3 N–H and O–H groups in total. The number of carboxylic acids is 1. The monoisotopic (exact) mass is 306 g/mol. The van der Waals surface area contributed by atoms with Crippen molar-refractivity contribution >= 4 is 23.3 Å². The highest BCUT2D eigenvalue weighted by molar-refractivity contribution is 6.01. The fourth-order valence-electron chi connectivity index (χ4n) is 3.01. The van der Waals surface area contributed by atoms with Crippen molar-refractivity contribution in [1.29, 1.82) is 0 Å². The number of aliphatic carboxylic acids is 1. The molecule has 0 aliphatic heterocycles. The zero-order chi connectivity index (χ0) is 16.1. The molecule has 0 spiro atoms.